The van der Waals surface area contributed by atoms with Gasteiger partial charge in [0.1, 0.15) is 17.9 Å². The molecule has 2 aromatic rings. The minimum absolute atomic E-state index is 0.218. The minimum atomic E-state index is 0.218. The Hall–Kier alpha value is -2.38. The third-order valence-corrected chi connectivity index (χ3v) is 4.31. The fourth-order valence-electron chi connectivity index (χ4n) is 2.92. The van der Waals surface area contributed by atoms with Crippen LogP contribution in [-0.4, -0.2) is 61.9 Å². The Morgan fingerprint density at radius 3 is 2.56 bits per heavy atom. The Morgan fingerprint density at radius 2 is 1.88 bits per heavy atom. The van der Waals surface area contributed by atoms with Crippen molar-refractivity contribution in [2.24, 2.45) is 0 Å². The Morgan fingerprint density at radius 1 is 1.12 bits per heavy atom. The van der Waals surface area contributed by atoms with Crippen LogP contribution in [0.2, 0.25) is 0 Å². The van der Waals surface area contributed by atoms with Gasteiger partial charge in [-0.2, -0.15) is 0 Å². The summed E-state index contributed by atoms with van der Waals surface area (Å²) in [4.78, 5) is 10.7. The molecule has 0 aliphatic carbocycles. The second-order valence-corrected chi connectivity index (χ2v) is 5.76. The lowest BCUT2D eigenvalue weighted by molar-refractivity contribution is 0.0187. The first-order chi connectivity index (χ1) is 12.3. The number of anilines is 1. The lowest BCUT2D eigenvalue weighted by Gasteiger charge is -2.35. The van der Waals surface area contributed by atoms with Crippen molar-refractivity contribution >= 4 is 5.82 Å². The van der Waals surface area contributed by atoms with Gasteiger partial charge in [0.2, 0.25) is 5.88 Å². The first-order valence-electron chi connectivity index (χ1n) is 8.36. The zero-order valence-corrected chi connectivity index (χ0v) is 14.6. The molecule has 1 aliphatic heterocycles. The molecule has 0 amide bonds. The highest BCUT2D eigenvalue weighted by atomic mass is 16.5. The lowest BCUT2D eigenvalue weighted by Crippen LogP contribution is -2.41. The number of aromatic nitrogens is 2. The van der Waals surface area contributed by atoms with Crippen LogP contribution in [0.25, 0.3) is 0 Å². The van der Waals surface area contributed by atoms with Crippen molar-refractivity contribution in [3.05, 3.63) is 42.2 Å². The molecule has 0 saturated carbocycles. The Bertz CT molecular complexity index is 660. The van der Waals surface area contributed by atoms with Crippen molar-refractivity contribution in [3.63, 3.8) is 0 Å². The number of benzene rings is 1. The normalized spacial score (nSPS) is 16.2. The maximum atomic E-state index is 5.50. The highest BCUT2D eigenvalue weighted by Gasteiger charge is 2.22. The molecule has 7 heteroatoms. The highest BCUT2D eigenvalue weighted by Crippen LogP contribution is 2.25. The van der Waals surface area contributed by atoms with Crippen molar-refractivity contribution in [3.8, 4) is 11.6 Å². The molecular weight excluding hydrogens is 320 g/mol. The van der Waals surface area contributed by atoms with E-state index in [1.54, 1.807) is 20.3 Å². The maximum Gasteiger partial charge on any atom is 0.218 e. The number of ether oxygens (including phenoxy) is 3. The van der Waals surface area contributed by atoms with Crippen LogP contribution in [0.5, 0.6) is 11.6 Å². The van der Waals surface area contributed by atoms with Crippen LogP contribution in [0.3, 0.4) is 0 Å². The van der Waals surface area contributed by atoms with Crippen molar-refractivity contribution < 1.29 is 14.2 Å². The summed E-state index contributed by atoms with van der Waals surface area (Å²) in [7, 11) is 3.28. The van der Waals surface area contributed by atoms with Gasteiger partial charge in [-0.25, -0.2) is 9.97 Å². The maximum absolute atomic E-state index is 5.50. The molecule has 7 nitrogen and oxygen atoms in total. The summed E-state index contributed by atoms with van der Waals surface area (Å²) in [5.74, 6) is 2.15. The quantitative estimate of drug-likeness (QED) is 0.823. The van der Waals surface area contributed by atoms with E-state index < -0.39 is 0 Å². The van der Waals surface area contributed by atoms with Gasteiger partial charge >= 0.3 is 0 Å². The predicted octanol–water partition coefficient (Wildman–Crippen LogP) is 1.98. The second-order valence-electron chi connectivity index (χ2n) is 5.76. The van der Waals surface area contributed by atoms with E-state index in [1.165, 1.54) is 11.9 Å². The van der Waals surface area contributed by atoms with E-state index in [2.05, 4.69) is 32.3 Å². The molecule has 25 heavy (non-hydrogen) atoms. The molecule has 3 rings (SSSR count). The van der Waals surface area contributed by atoms with Gasteiger partial charge in [-0.05, 0) is 17.7 Å². The molecule has 134 valence electrons. The standard InChI is InChI=1S/C18H24N4O3/c1-23-15-5-3-14(4-6-15)16(22-7-9-25-10-8-22)12-19-17-11-18(24-2)21-13-20-17/h3-6,11,13,16H,7-10,12H2,1-2H3,(H,19,20,21). The summed E-state index contributed by atoms with van der Waals surface area (Å²) in [6, 6.07) is 10.2. The van der Waals surface area contributed by atoms with E-state index in [-0.39, 0.29) is 6.04 Å². The Balaban J connectivity index is 1.75. The van der Waals surface area contributed by atoms with Crippen molar-refractivity contribution in [1.82, 2.24) is 14.9 Å². The first-order valence-corrected chi connectivity index (χ1v) is 8.36. The molecule has 0 spiro atoms. The molecular formula is C18H24N4O3. The Labute approximate surface area is 147 Å². The summed E-state index contributed by atoms with van der Waals surface area (Å²) >= 11 is 0. The number of nitrogens with one attached hydrogen (secondary N) is 1. The topological polar surface area (TPSA) is 68.7 Å². The number of methoxy groups -OCH3 is 2. The molecule has 2 heterocycles. The summed E-state index contributed by atoms with van der Waals surface area (Å²) in [5.41, 5.74) is 1.23. The van der Waals surface area contributed by atoms with E-state index in [4.69, 9.17) is 14.2 Å². The zero-order valence-electron chi connectivity index (χ0n) is 14.6. The average molecular weight is 344 g/mol. The smallest absolute Gasteiger partial charge is 0.218 e. The largest absolute Gasteiger partial charge is 0.497 e. The molecule has 1 N–H and O–H groups in total. The number of nitrogens with zero attached hydrogens (tertiary/aromatic N) is 3. The van der Waals surface area contributed by atoms with Gasteiger partial charge in [0, 0.05) is 25.7 Å². The summed E-state index contributed by atoms with van der Waals surface area (Å²) < 4.78 is 15.9. The van der Waals surface area contributed by atoms with Crippen LogP contribution in [-0.2, 0) is 4.74 Å². The Kier molecular flexibility index (Phi) is 6.03. The lowest BCUT2D eigenvalue weighted by atomic mass is 10.0. The van der Waals surface area contributed by atoms with E-state index in [0.29, 0.717) is 5.88 Å². The third kappa shape index (κ3) is 4.58. The van der Waals surface area contributed by atoms with E-state index in [0.717, 1.165) is 44.4 Å². The molecule has 1 fully saturated rings. The van der Waals surface area contributed by atoms with Crippen LogP contribution < -0.4 is 14.8 Å². The number of morpholine rings is 1. The molecule has 1 aromatic heterocycles. The third-order valence-electron chi connectivity index (χ3n) is 4.31. The molecule has 0 bridgehead atoms. The fourth-order valence-corrected chi connectivity index (χ4v) is 2.92. The molecule has 1 aliphatic rings. The monoisotopic (exact) mass is 344 g/mol. The van der Waals surface area contributed by atoms with Gasteiger partial charge in [0.15, 0.2) is 0 Å². The van der Waals surface area contributed by atoms with Gasteiger partial charge in [-0.1, -0.05) is 12.1 Å². The highest BCUT2D eigenvalue weighted by molar-refractivity contribution is 5.38. The average Bonchev–Trinajstić information content (AvgIpc) is 2.69. The van der Waals surface area contributed by atoms with Gasteiger partial charge < -0.3 is 19.5 Å². The SMILES string of the molecule is COc1ccc(C(CNc2cc(OC)ncn2)N2CCOCC2)cc1. The molecule has 1 atom stereocenters. The van der Waals surface area contributed by atoms with Crippen LogP contribution in [0, 0.1) is 0 Å². The zero-order chi connectivity index (χ0) is 17.5. The van der Waals surface area contributed by atoms with Gasteiger partial charge in [0.05, 0.1) is 33.5 Å². The second kappa shape index (κ2) is 8.64. The summed E-state index contributed by atoms with van der Waals surface area (Å²) in [6.45, 7) is 4.06. The van der Waals surface area contributed by atoms with Crippen LogP contribution >= 0.6 is 0 Å². The summed E-state index contributed by atoms with van der Waals surface area (Å²) in [5, 5.41) is 3.40. The fraction of sp³-hybridized carbons (Fsp3) is 0.444. The van der Waals surface area contributed by atoms with Crippen molar-refractivity contribution in [2.45, 2.75) is 6.04 Å². The van der Waals surface area contributed by atoms with Crippen molar-refractivity contribution in [1.29, 1.82) is 0 Å². The van der Waals surface area contributed by atoms with Crippen LogP contribution in [0.1, 0.15) is 11.6 Å². The first kappa shape index (κ1) is 17.4. The number of hydrogen-bond acceptors (Lipinski definition) is 7. The number of hydrogen-bond donors (Lipinski definition) is 1. The van der Waals surface area contributed by atoms with Gasteiger partial charge in [0.25, 0.3) is 0 Å². The summed E-state index contributed by atoms with van der Waals surface area (Å²) in [6.07, 6.45) is 1.50. The van der Waals surface area contributed by atoms with E-state index in [9.17, 15) is 0 Å². The van der Waals surface area contributed by atoms with E-state index in [1.807, 2.05) is 12.1 Å². The minimum Gasteiger partial charge on any atom is -0.497 e. The molecule has 0 radical (unpaired) electrons. The molecule has 1 unspecified atom stereocenters. The van der Waals surface area contributed by atoms with Crippen molar-refractivity contribution in [2.75, 3.05) is 52.4 Å². The van der Waals surface area contributed by atoms with Gasteiger partial charge in [-0.15, -0.1) is 0 Å². The predicted molar refractivity (Wildman–Crippen MR) is 95.2 cm³/mol. The van der Waals surface area contributed by atoms with Crippen LogP contribution in [0.15, 0.2) is 36.7 Å². The van der Waals surface area contributed by atoms with Gasteiger partial charge in [-0.3, -0.25) is 4.90 Å². The van der Waals surface area contributed by atoms with Crippen LogP contribution in [0.4, 0.5) is 5.82 Å². The molecule has 1 aromatic carbocycles. The van der Waals surface area contributed by atoms with E-state index >= 15 is 0 Å². The number of rotatable bonds is 7. The molecule has 1 saturated heterocycles.